The molecule has 6 N–H and O–H groups in total. The third kappa shape index (κ3) is 3.69. The molecule has 9 heteroatoms. The molecule has 1 aliphatic heterocycles. The summed E-state index contributed by atoms with van der Waals surface area (Å²) in [5, 5.41) is 10.0. The zero-order valence-electron chi connectivity index (χ0n) is 12.1. The lowest BCUT2D eigenvalue weighted by Gasteiger charge is -2.18. The maximum atomic E-state index is 12.3. The summed E-state index contributed by atoms with van der Waals surface area (Å²) in [4.78, 5) is 24.7. The molecule has 0 aliphatic carbocycles. The van der Waals surface area contributed by atoms with Crippen molar-refractivity contribution >= 4 is 35.1 Å². The fourth-order valence-corrected chi connectivity index (χ4v) is 3.13. The highest BCUT2D eigenvalue weighted by molar-refractivity contribution is 6.35. The Morgan fingerprint density at radius 1 is 1.35 bits per heavy atom. The topological polar surface area (TPSA) is 122 Å². The Kier molecular flexibility index (Phi) is 5.35. The summed E-state index contributed by atoms with van der Waals surface area (Å²) in [6.07, 6.45) is 0.693. The lowest BCUT2D eigenvalue weighted by molar-refractivity contribution is -0.134. The highest BCUT2D eigenvalue weighted by Crippen LogP contribution is 2.33. The van der Waals surface area contributed by atoms with Gasteiger partial charge in [-0.25, -0.2) is 4.79 Å². The van der Waals surface area contributed by atoms with Gasteiger partial charge in [-0.3, -0.25) is 10.6 Å². The van der Waals surface area contributed by atoms with Crippen molar-refractivity contribution in [3.63, 3.8) is 0 Å². The van der Waals surface area contributed by atoms with Crippen molar-refractivity contribution in [3.05, 3.63) is 45.2 Å². The zero-order valence-corrected chi connectivity index (χ0v) is 13.6. The molecule has 0 spiro atoms. The molecule has 1 atom stereocenters. The summed E-state index contributed by atoms with van der Waals surface area (Å²) in [7, 11) is 0. The molecule has 0 bridgehead atoms. The van der Waals surface area contributed by atoms with E-state index in [1.54, 1.807) is 12.1 Å². The van der Waals surface area contributed by atoms with Gasteiger partial charge in [0.15, 0.2) is 5.70 Å². The van der Waals surface area contributed by atoms with Gasteiger partial charge >= 0.3 is 5.97 Å². The molecule has 0 aromatic heterocycles. The summed E-state index contributed by atoms with van der Waals surface area (Å²) in [6, 6.07) is 5.22. The number of likely N-dealkylation sites (tertiary alicyclic amines) is 1. The van der Waals surface area contributed by atoms with E-state index in [1.165, 1.54) is 4.90 Å². The Morgan fingerprint density at radius 2 is 2.04 bits per heavy atom. The Labute approximate surface area is 142 Å². The molecule has 1 unspecified atom stereocenters. The monoisotopic (exact) mass is 358 g/mol. The quantitative estimate of drug-likeness (QED) is 0.362. The summed E-state index contributed by atoms with van der Waals surface area (Å²) in [5.74, 6) is 3.16. The molecule has 1 fully saturated rings. The Morgan fingerprint density at radius 3 is 2.61 bits per heavy atom. The molecule has 23 heavy (non-hydrogen) atoms. The molecular weight excluding hydrogens is 343 g/mol. The number of hydrazine groups is 1. The van der Waals surface area contributed by atoms with Gasteiger partial charge in [-0.05, 0) is 24.1 Å². The molecule has 7 nitrogen and oxygen atoms in total. The van der Waals surface area contributed by atoms with Gasteiger partial charge in [0, 0.05) is 29.1 Å². The average Bonchev–Trinajstić information content (AvgIpc) is 2.96. The van der Waals surface area contributed by atoms with Crippen LogP contribution in [0.4, 0.5) is 0 Å². The minimum absolute atomic E-state index is 0.0376. The lowest BCUT2D eigenvalue weighted by Crippen LogP contribution is -2.38. The van der Waals surface area contributed by atoms with Crippen LogP contribution in [-0.4, -0.2) is 35.0 Å². The van der Waals surface area contributed by atoms with Crippen molar-refractivity contribution in [1.82, 2.24) is 10.3 Å². The second-order valence-electron chi connectivity index (χ2n) is 5.14. The second-order valence-corrected chi connectivity index (χ2v) is 5.98. The smallest absolute Gasteiger partial charge is 0.355 e. The van der Waals surface area contributed by atoms with Crippen molar-refractivity contribution in [2.75, 3.05) is 13.1 Å². The first-order chi connectivity index (χ1) is 10.8. The molecule has 1 heterocycles. The van der Waals surface area contributed by atoms with Gasteiger partial charge in [0.05, 0.1) is 0 Å². The van der Waals surface area contributed by atoms with Crippen LogP contribution in [0.1, 0.15) is 17.9 Å². The van der Waals surface area contributed by atoms with Crippen molar-refractivity contribution < 1.29 is 14.7 Å². The van der Waals surface area contributed by atoms with E-state index in [1.807, 2.05) is 11.5 Å². The number of carbonyl (C=O) groups is 2. The van der Waals surface area contributed by atoms with E-state index in [0.29, 0.717) is 29.6 Å². The van der Waals surface area contributed by atoms with Crippen LogP contribution < -0.4 is 17.0 Å². The number of carboxylic acid groups (broad SMARTS) is 1. The predicted molar refractivity (Wildman–Crippen MR) is 86.6 cm³/mol. The van der Waals surface area contributed by atoms with Crippen molar-refractivity contribution in [2.45, 2.75) is 12.3 Å². The van der Waals surface area contributed by atoms with E-state index in [9.17, 15) is 9.59 Å². The predicted octanol–water partition coefficient (Wildman–Crippen LogP) is 1.03. The number of carbonyl (C=O) groups excluding carboxylic acids is 1. The van der Waals surface area contributed by atoms with Gasteiger partial charge in [0.25, 0.3) is 5.91 Å². The van der Waals surface area contributed by atoms with Crippen LogP contribution in [0.15, 0.2) is 29.6 Å². The Hall–Kier alpha value is -1.96. The number of rotatable bonds is 4. The highest BCUT2D eigenvalue weighted by Gasteiger charge is 2.31. The SMILES string of the molecule is NN/C(C(=O)O)=C(\N)C(=O)N1CCC(c2ccc(Cl)cc2Cl)C1. The molecule has 1 aromatic rings. The van der Waals surface area contributed by atoms with Crippen LogP contribution in [0.5, 0.6) is 0 Å². The molecule has 1 amide bonds. The van der Waals surface area contributed by atoms with E-state index in [4.69, 9.17) is 39.9 Å². The van der Waals surface area contributed by atoms with Gasteiger partial charge in [0.2, 0.25) is 0 Å². The van der Waals surface area contributed by atoms with Crippen molar-refractivity contribution in [2.24, 2.45) is 11.6 Å². The number of benzene rings is 1. The number of hydrogen-bond acceptors (Lipinski definition) is 5. The lowest BCUT2D eigenvalue weighted by atomic mass is 9.98. The number of carboxylic acids is 1. The van der Waals surface area contributed by atoms with Crippen LogP contribution in [0, 0.1) is 0 Å². The van der Waals surface area contributed by atoms with Gasteiger partial charge in [-0.15, -0.1) is 0 Å². The number of hydrogen-bond donors (Lipinski definition) is 4. The molecule has 0 radical (unpaired) electrons. The van der Waals surface area contributed by atoms with Crippen LogP contribution in [0.2, 0.25) is 10.0 Å². The second kappa shape index (κ2) is 7.08. The fourth-order valence-electron chi connectivity index (χ4n) is 2.56. The van der Waals surface area contributed by atoms with E-state index < -0.39 is 23.3 Å². The molecule has 1 aliphatic rings. The summed E-state index contributed by atoms with van der Waals surface area (Å²) in [5.41, 5.74) is 7.48. The molecular formula is C14H16Cl2N4O3. The van der Waals surface area contributed by atoms with Gasteiger partial charge in [0.1, 0.15) is 5.70 Å². The van der Waals surface area contributed by atoms with E-state index in [2.05, 4.69) is 0 Å². The summed E-state index contributed by atoms with van der Waals surface area (Å²) >= 11 is 12.1. The number of nitrogens with two attached hydrogens (primary N) is 2. The Bertz CT molecular complexity index is 678. The standard InChI is InChI=1S/C14H16Cl2N4O3/c15-8-1-2-9(10(16)5-8)7-3-4-20(6-7)13(21)11(17)12(19-18)14(22)23/h1-2,5,7,19H,3-4,6,17-18H2,(H,22,23)/b12-11-. The van der Waals surface area contributed by atoms with Crippen molar-refractivity contribution in [1.29, 1.82) is 0 Å². The first-order valence-corrected chi connectivity index (χ1v) is 7.54. The first kappa shape index (κ1) is 17.4. The fraction of sp³-hybridized carbons (Fsp3) is 0.286. The summed E-state index contributed by atoms with van der Waals surface area (Å²) in [6.45, 7) is 0.832. The molecule has 1 saturated heterocycles. The minimum atomic E-state index is -1.39. The average molecular weight is 359 g/mol. The van der Waals surface area contributed by atoms with Gasteiger partial charge in [-0.1, -0.05) is 29.3 Å². The van der Waals surface area contributed by atoms with Gasteiger partial charge in [-0.2, -0.15) is 0 Å². The maximum absolute atomic E-state index is 12.3. The van der Waals surface area contributed by atoms with Crippen LogP contribution >= 0.6 is 23.2 Å². The number of aliphatic carboxylic acids is 1. The molecule has 124 valence electrons. The minimum Gasteiger partial charge on any atom is -0.476 e. The molecule has 1 aromatic carbocycles. The van der Waals surface area contributed by atoms with Crippen LogP contribution in [0.25, 0.3) is 0 Å². The number of nitrogens with one attached hydrogen (secondary N) is 1. The van der Waals surface area contributed by atoms with Crippen LogP contribution in [-0.2, 0) is 9.59 Å². The number of halogens is 2. The van der Waals surface area contributed by atoms with Crippen LogP contribution in [0.3, 0.4) is 0 Å². The first-order valence-electron chi connectivity index (χ1n) is 6.79. The number of amides is 1. The Balaban J connectivity index is 2.16. The molecule has 0 saturated carbocycles. The normalized spacial score (nSPS) is 18.6. The third-order valence-electron chi connectivity index (χ3n) is 3.74. The van der Waals surface area contributed by atoms with E-state index in [-0.39, 0.29) is 5.92 Å². The maximum Gasteiger partial charge on any atom is 0.355 e. The van der Waals surface area contributed by atoms with Crippen molar-refractivity contribution in [3.8, 4) is 0 Å². The summed E-state index contributed by atoms with van der Waals surface area (Å²) < 4.78 is 0. The third-order valence-corrected chi connectivity index (χ3v) is 4.30. The zero-order chi connectivity index (χ0) is 17.1. The number of nitrogens with zero attached hydrogens (tertiary/aromatic N) is 1. The van der Waals surface area contributed by atoms with E-state index in [0.717, 1.165) is 5.56 Å². The van der Waals surface area contributed by atoms with Gasteiger partial charge < -0.3 is 21.2 Å². The van der Waals surface area contributed by atoms with E-state index >= 15 is 0 Å². The largest absolute Gasteiger partial charge is 0.476 e. The molecule has 2 rings (SSSR count). The highest BCUT2D eigenvalue weighted by atomic mass is 35.5.